The van der Waals surface area contributed by atoms with Gasteiger partial charge in [0.2, 0.25) is 0 Å². The second-order valence-electron chi connectivity index (χ2n) is 4.16. The summed E-state index contributed by atoms with van der Waals surface area (Å²) in [6.45, 7) is 7.38. The van der Waals surface area contributed by atoms with Crippen LogP contribution >= 0.6 is 23.5 Å². The van der Waals surface area contributed by atoms with Crippen molar-refractivity contribution < 1.29 is 27.6 Å². The Hall–Kier alpha value is -0.880. The average molecular weight is 395 g/mol. The van der Waals surface area contributed by atoms with E-state index in [1.165, 1.54) is 0 Å². The number of halogens is 1. The quantitative estimate of drug-likeness (QED) is 0.366. The molecule has 0 unspecified atom stereocenters. The van der Waals surface area contributed by atoms with Crippen molar-refractivity contribution in [1.82, 2.24) is 0 Å². The van der Waals surface area contributed by atoms with Crippen molar-refractivity contribution in [1.29, 1.82) is 0 Å². The molecule has 0 radical (unpaired) electrons. The molecule has 8 heteroatoms. The molecule has 1 aromatic rings. The molecule has 0 aliphatic heterocycles. The number of carbonyl (C=O) groups excluding carboxylic acids is 1. The number of carbonyl (C=O) groups is 1. The van der Waals surface area contributed by atoms with Crippen molar-refractivity contribution in [2.24, 2.45) is 0 Å². The highest BCUT2D eigenvalue weighted by atomic mass is 79.9. The standard InChI is InChI=1S/C14H20BrO6P/c1-5-18-13(16)9-12(11-8-10(4)21-14(11)15)22(17,19-6-2)20-7-3/h8-9H,5-7H2,1-4H3/b12-9+. The fraction of sp³-hybridized carbons (Fsp3) is 0.500. The van der Waals surface area contributed by atoms with Gasteiger partial charge in [0.05, 0.1) is 25.1 Å². The third-order valence-corrected chi connectivity index (χ3v) is 5.27. The molecule has 0 aliphatic carbocycles. The van der Waals surface area contributed by atoms with E-state index in [0.717, 1.165) is 6.08 Å². The molecule has 6 nitrogen and oxygen atoms in total. The van der Waals surface area contributed by atoms with Crippen LogP contribution in [0.2, 0.25) is 0 Å². The van der Waals surface area contributed by atoms with Crippen molar-refractivity contribution in [2.75, 3.05) is 19.8 Å². The zero-order valence-electron chi connectivity index (χ0n) is 13.1. The van der Waals surface area contributed by atoms with E-state index in [4.69, 9.17) is 18.2 Å². The first-order chi connectivity index (χ1) is 10.4. The lowest BCUT2D eigenvalue weighted by Crippen LogP contribution is -2.04. The first-order valence-corrected chi connectivity index (χ1v) is 9.25. The van der Waals surface area contributed by atoms with Crippen LogP contribution in [0.1, 0.15) is 32.1 Å². The second kappa shape index (κ2) is 8.67. The summed E-state index contributed by atoms with van der Waals surface area (Å²) in [5.74, 6) is -0.0286. The van der Waals surface area contributed by atoms with Crippen molar-refractivity contribution >= 4 is 34.8 Å². The van der Waals surface area contributed by atoms with E-state index < -0.39 is 13.6 Å². The maximum atomic E-state index is 13.0. The summed E-state index contributed by atoms with van der Waals surface area (Å²) in [5.41, 5.74) is 0.441. The predicted molar refractivity (Wildman–Crippen MR) is 86.6 cm³/mol. The third kappa shape index (κ3) is 4.81. The fourth-order valence-corrected chi connectivity index (χ4v) is 4.27. The number of hydrogen-bond donors (Lipinski definition) is 0. The zero-order chi connectivity index (χ0) is 16.8. The van der Waals surface area contributed by atoms with E-state index in [1.54, 1.807) is 33.8 Å². The van der Waals surface area contributed by atoms with Crippen LogP contribution in [-0.4, -0.2) is 25.8 Å². The van der Waals surface area contributed by atoms with Crippen molar-refractivity contribution in [2.45, 2.75) is 27.7 Å². The largest absolute Gasteiger partial charge is 0.463 e. The summed E-state index contributed by atoms with van der Waals surface area (Å²) >= 11 is 3.25. The molecule has 0 saturated carbocycles. The van der Waals surface area contributed by atoms with E-state index in [9.17, 15) is 9.36 Å². The van der Waals surface area contributed by atoms with Gasteiger partial charge in [-0.3, -0.25) is 4.57 Å². The maximum Gasteiger partial charge on any atom is 0.362 e. The minimum absolute atomic E-state index is 0.110. The Morgan fingerprint density at radius 3 is 2.27 bits per heavy atom. The van der Waals surface area contributed by atoms with Gasteiger partial charge >= 0.3 is 13.6 Å². The molecule has 0 aliphatic rings. The van der Waals surface area contributed by atoms with E-state index in [-0.39, 0.29) is 25.1 Å². The lowest BCUT2D eigenvalue weighted by Gasteiger charge is -2.19. The van der Waals surface area contributed by atoms with Crippen LogP contribution in [0, 0.1) is 6.92 Å². The van der Waals surface area contributed by atoms with E-state index in [2.05, 4.69) is 15.9 Å². The lowest BCUT2D eigenvalue weighted by atomic mass is 10.3. The fourth-order valence-electron chi connectivity index (χ4n) is 1.78. The summed E-state index contributed by atoms with van der Waals surface area (Å²) in [6, 6.07) is 1.65. The van der Waals surface area contributed by atoms with Crippen LogP contribution in [0.15, 0.2) is 21.2 Å². The van der Waals surface area contributed by atoms with Crippen LogP contribution in [-0.2, 0) is 23.1 Å². The van der Waals surface area contributed by atoms with Crippen LogP contribution in [0.25, 0.3) is 5.31 Å². The molecule has 1 rings (SSSR count). The third-order valence-electron chi connectivity index (χ3n) is 2.52. The molecular formula is C14H20BrO6P. The Morgan fingerprint density at radius 2 is 1.86 bits per heavy atom. The molecule has 0 saturated heterocycles. The number of rotatable bonds is 8. The Morgan fingerprint density at radius 1 is 1.27 bits per heavy atom. The minimum Gasteiger partial charge on any atom is -0.463 e. The van der Waals surface area contributed by atoms with Gasteiger partial charge in [0.15, 0.2) is 4.67 Å². The Labute approximate surface area is 138 Å². The molecule has 0 fully saturated rings. The van der Waals surface area contributed by atoms with Gasteiger partial charge in [-0.15, -0.1) is 0 Å². The van der Waals surface area contributed by atoms with Gasteiger partial charge in [-0.1, -0.05) is 0 Å². The lowest BCUT2D eigenvalue weighted by molar-refractivity contribution is -0.137. The second-order valence-corrected chi connectivity index (χ2v) is 6.87. The number of ether oxygens (including phenoxy) is 1. The molecule has 0 atom stereocenters. The number of esters is 1. The van der Waals surface area contributed by atoms with Crippen molar-refractivity contribution in [3.63, 3.8) is 0 Å². The van der Waals surface area contributed by atoms with Gasteiger partial charge in [0.25, 0.3) is 0 Å². The topological polar surface area (TPSA) is 75.0 Å². The number of aryl methyl sites for hydroxylation is 1. The van der Waals surface area contributed by atoms with Crippen molar-refractivity contribution in [3.05, 3.63) is 28.1 Å². The summed E-state index contributed by atoms with van der Waals surface area (Å²) in [7, 11) is -3.67. The van der Waals surface area contributed by atoms with Gasteiger partial charge in [-0.2, -0.15) is 0 Å². The molecule has 124 valence electrons. The van der Waals surface area contributed by atoms with Crippen LogP contribution < -0.4 is 0 Å². The van der Waals surface area contributed by atoms with E-state index >= 15 is 0 Å². The van der Waals surface area contributed by atoms with Crippen molar-refractivity contribution in [3.8, 4) is 0 Å². The van der Waals surface area contributed by atoms with E-state index in [1.807, 2.05) is 0 Å². The highest BCUT2D eigenvalue weighted by molar-refractivity contribution is 9.10. The van der Waals surface area contributed by atoms with Crippen LogP contribution in [0.4, 0.5) is 0 Å². The molecule has 0 bridgehead atoms. The van der Waals surface area contributed by atoms with Gasteiger partial charge in [0.1, 0.15) is 5.76 Å². The molecular weight excluding hydrogens is 375 g/mol. The maximum absolute atomic E-state index is 13.0. The van der Waals surface area contributed by atoms with Crippen LogP contribution in [0.3, 0.4) is 0 Å². The predicted octanol–water partition coefficient (Wildman–Crippen LogP) is 4.52. The Bertz CT molecular complexity index is 582. The van der Waals surface area contributed by atoms with Crippen LogP contribution in [0.5, 0.6) is 0 Å². The van der Waals surface area contributed by atoms with Gasteiger partial charge in [-0.05, 0) is 49.7 Å². The average Bonchev–Trinajstić information content (AvgIpc) is 2.75. The zero-order valence-corrected chi connectivity index (χ0v) is 15.5. The molecule has 0 N–H and O–H groups in total. The molecule has 1 heterocycles. The molecule has 0 spiro atoms. The monoisotopic (exact) mass is 394 g/mol. The van der Waals surface area contributed by atoms with Gasteiger partial charge in [-0.25, -0.2) is 4.79 Å². The summed E-state index contributed by atoms with van der Waals surface area (Å²) < 4.78 is 34.3. The molecule has 0 amide bonds. The highest BCUT2D eigenvalue weighted by Gasteiger charge is 2.34. The highest BCUT2D eigenvalue weighted by Crippen LogP contribution is 2.61. The normalized spacial score (nSPS) is 12.5. The summed E-state index contributed by atoms with van der Waals surface area (Å²) in [4.78, 5) is 11.8. The van der Waals surface area contributed by atoms with E-state index in [0.29, 0.717) is 16.0 Å². The molecule has 0 aromatic carbocycles. The minimum atomic E-state index is -3.67. The first kappa shape index (κ1) is 19.2. The molecule has 1 aromatic heterocycles. The van der Waals surface area contributed by atoms with Gasteiger partial charge in [0, 0.05) is 11.6 Å². The summed E-state index contributed by atoms with van der Waals surface area (Å²) in [6.07, 6.45) is 1.13. The Kier molecular flexibility index (Phi) is 7.56. The summed E-state index contributed by atoms with van der Waals surface area (Å²) in [5, 5.41) is 0.110. The smallest absolute Gasteiger partial charge is 0.362 e. The SMILES string of the molecule is CCOC(=O)/C=C(\c1cc(C)oc1Br)P(=O)(OCC)OCC. The number of furan rings is 1. The first-order valence-electron chi connectivity index (χ1n) is 6.92. The Balaban J connectivity index is 3.41. The number of hydrogen-bond acceptors (Lipinski definition) is 6. The molecule has 22 heavy (non-hydrogen) atoms. The van der Waals surface area contributed by atoms with Gasteiger partial charge < -0.3 is 18.2 Å².